The monoisotopic (exact) mass is 408 g/mol. The van der Waals surface area contributed by atoms with Crippen molar-refractivity contribution in [2.24, 2.45) is 5.92 Å². The minimum absolute atomic E-state index is 0.229. The molecule has 2 aromatic rings. The zero-order valence-corrected chi connectivity index (χ0v) is 17.3. The van der Waals surface area contributed by atoms with E-state index in [4.69, 9.17) is 4.98 Å². The van der Waals surface area contributed by atoms with E-state index in [0.29, 0.717) is 12.1 Å². The molecule has 3 aliphatic rings. The van der Waals surface area contributed by atoms with Crippen LogP contribution in [-0.4, -0.2) is 24.4 Å². The molecule has 0 amide bonds. The van der Waals surface area contributed by atoms with Crippen molar-refractivity contribution in [3.8, 4) is 11.1 Å². The van der Waals surface area contributed by atoms with Crippen LogP contribution in [0.15, 0.2) is 30.3 Å². The number of Topliss-reactive ketones (excluding diaryl/α,β-unsaturated/α-hetero) is 1. The molecule has 1 aromatic carbocycles. The zero-order valence-electron chi connectivity index (χ0n) is 16.4. The summed E-state index contributed by atoms with van der Waals surface area (Å²) in [5.41, 5.74) is 6.65. The first kappa shape index (κ1) is 18.6. The lowest BCUT2D eigenvalue weighted by molar-refractivity contribution is -0.119. The molecule has 3 aliphatic carbocycles. The van der Waals surface area contributed by atoms with Gasteiger partial charge >= 0.3 is 0 Å². The number of nitrogens with one attached hydrogen (secondary N) is 1. The van der Waals surface area contributed by atoms with Crippen molar-refractivity contribution in [3.63, 3.8) is 0 Å². The molecular formula is C23H24N2O3S. The molecule has 0 bridgehead atoms. The number of sulfonamides is 1. The van der Waals surface area contributed by atoms with Crippen molar-refractivity contribution in [1.82, 2.24) is 4.98 Å². The molecule has 2 fully saturated rings. The Labute approximate surface area is 171 Å². The number of anilines is 1. The van der Waals surface area contributed by atoms with Gasteiger partial charge in [0.15, 0.2) is 0 Å². The minimum atomic E-state index is -3.28. The maximum absolute atomic E-state index is 12.3. The number of allylic oxidation sites excluding steroid dienone is 1. The Morgan fingerprint density at radius 3 is 2.62 bits per heavy atom. The number of hydrogen-bond donors (Lipinski definition) is 1. The molecule has 0 spiro atoms. The summed E-state index contributed by atoms with van der Waals surface area (Å²) in [6.07, 6.45) is 8.86. The number of aryl methyl sites for hydroxylation is 1. The summed E-state index contributed by atoms with van der Waals surface area (Å²) < 4.78 is 27.2. The van der Waals surface area contributed by atoms with Crippen molar-refractivity contribution < 1.29 is 13.2 Å². The summed E-state index contributed by atoms with van der Waals surface area (Å²) in [4.78, 5) is 17.0. The van der Waals surface area contributed by atoms with E-state index in [0.717, 1.165) is 65.7 Å². The highest BCUT2D eigenvalue weighted by Crippen LogP contribution is 2.36. The third kappa shape index (κ3) is 3.73. The first-order chi connectivity index (χ1) is 13.9. The summed E-state index contributed by atoms with van der Waals surface area (Å²) in [6.45, 7) is 1.99. The Morgan fingerprint density at radius 2 is 1.93 bits per heavy atom. The van der Waals surface area contributed by atoms with E-state index in [-0.39, 0.29) is 17.0 Å². The van der Waals surface area contributed by atoms with Crippen LogP contribution in [0.3, 0.4) is 0 Å². The Balaban J connectivity index is 1.48. The molecule has 5 rings (SSSR count). The minimum Gasteiger partial charge on any atom is -0.299 e. The second-order valence-corrected chi connectivity index (χ2v) is 10.4. The number of carbonyl (C=O) groups excluding carboxylic acids is 1. The number of ketones is 1. The molecule has 1 heterocycles. The smallest absolute Gasteiger partial charge is 0.235 e. The molecule has 1 aromatic heterocycles. The van der Waals surface area contributed by atoms with E-state index in [9.17, 15) is 13.2 Å². The second kappa shape index (κ2) is 6.80. The highest BCUT2D eigenvalue weighted by atomic mass is 32.2. The average Bonchev–Trinajstić information content (AvgIpc) is 3.57. The fourth-order valence-electron chi connectivity index (χ4n) is 3.99. The number of rotatable bonds is 7. The number of hydrogen-bond acceptors (Lipinski definition) is 4. The Kier molecular flexibility index (Phi) is 4.35. The van der Waals surface area contributed by atoms with Crippen LogP contribution < -0.4 is 4.72 Å². The Morgan fingerprint density at radius 1 is 1.14 bits per heavy atom. The number of aromatic nitrogens is 1. The third-order valence-electron chi connectivity index (χ3n) is 5.91. The lowest BCUT2D eigenvalue weighted by atomic mass is 9.94. The number of benzene rings is 1. The second-order valence-electron chi connectivity index (χ2n) is 8.42. The molecule has 150 valence electrons. The van der Waals surface area contributed by atoms with Gasteiger partial charge in [-0.05, 0) is 67.5 Å². The van der Waals surface area contributed by atoms with Crippen LogP contribution in [0, 0.1) is 12.8 Å². The summed E-state index contributed by atoms with van der Waals surface area (Å²) in [5.74, 6) is 0.517. The van der Waals surface area contributed by atoms with Crippen molar-refractivity contribution >= 4 is 27.6 Å². The van der Waals surface area contributed by atoms with Gasteiger partial charge in [0.1, 0.15) is 5.78 Å². The van der Waals surface area contributed by atoms with Crippen LogP contribution in [0.5, 0.6) is 0 Å². The Hall–Kier alpha value is -2.47. The van der Waals surface area contributed by atoms with E-state index in [1.54, 1.807) is 0 Å². The molecule has 29 heavy (non-hydrogen) atoms. The molecule has 5 nitrogen and oxygen atoms in total. The quantitative estimate of drug-likeness (QED) is 0.750. The topological polar surface area (TPSA) is 76.1 Å². The van der Waals surface area contributed by atoms with Crippen molar-refractivity contribution in [2.75, 3.05) is 4.72 Å². The van der Waals surface area contributed by atoms with E-state index in [1.807, 2.05) is 31.2 Å². The molecular weight excluding hydrogens is 384 g/mol. The van der Waals surface area contributed by atoms with Crippen molar-refractivity contribution in [3.05, 3.63) is 52.9 Å². The molecule has 0 saturated heterocycles. The predicted molar refractivity (Wildman–Crippen MR) is 114 cm³/mol. The van der Waals surface area contributed by atoms with Gasteiger partial charge in [0.25, 0.3) is 0 Å². The highest BCUT2D eigenvalue weighted by Gasteiger charge is 2.35. The number of carbonyl (C=O) groups is 1. The normalized spacial score (nSPS) is 18.0. The first-order valence-corrected chi connectivity index (χ1v) is 11.8. The van der Waals surface area contributed by atoms with Crippen LogP contribution >= 0.6 is 0 Å². The van der Waals surface area contributed by atoms with Gasteiger partial charge in [-0.2, -0.15) is 0 Å². The Bertz CT molecular complexity index is 1140. The molecule has 0 aliphatic heterocycles. The summed E-state index contributed by atoms with van der Waals surface area (Å²) in [5, 5.41) is -0.248. The van der Waals surface area contributed by atoms with Gasteiger partial charge in [-0.25, -0.2) is 8.42 Å². The number of pyridine rings is 1. The van der Waals surface area contributed by atoms with Gasteiger partial charge in [-0.15, -0.1) is 0 Å². The van der Waals surface area contributed by atoms with Gasteiger partial charge in [-0.1, -0.05) is 18.2 Å². The molecule has 0 atom stereocenters. The van der Waals surface area contributed by atoms with Crippen molar-refractivity contribution in [1.29, 1.82) is 0 Å². The average molecular weight is 409 g/mol. The SMILES string of the molecule is Cc1cc(NS(=O)(=O)C2CC2)ccc1-c1cc(CC(=O)C2CC2)nc2c1C=CC2. The zero-order chi connectivity index (χ0) is 20.2. The van der Waals surface area contributed by atoms with Crippen LogP contribution in [0.4, 0.5) is 5.69 Å². The maximum Gasteiger partial charge on any atom is 0.235 e. The molecule has 1 N–H and O–H groups in total. The maximum atomic E-state index is 12.3. The fraction of sp³-hybridized carbons (Fsp3) is 0.391. The van der Waals surface area contributed by atoms with Crippen LogP contribution in [0.2, 0.25) is 0 Å². The van der Waals surface area contributed by atoms with Gasteiger partial charge in [-0.3, -0.25) is 14.5 Å². The lowest BCUT2D eigenvalue weighted by Gasteiger charge is -2.15. The molecule has 6 heteroatoms. The number of fused-ring (bicyclic) bond motifs is 1. The van der Waals surface area contributed by atoms with Crippen LogP contribution in [0.1, 0.15) is 48.2 Å². The molecule has 2 saturated carbocycles. The van der Waals surface area contributed by atoms with Crippen LogP contribution in [0.25, 0.3) is 17.2 Å². The first-order valence-electron chi connectivity index (χ1n) is 10.3. The van der Waals surface area contributed by atoms with Gasteiger partial charge < -0.3 is 0 Å². The lowest BCUT2D eigenvalue weighted by Crippen LogP contribution is -2.17. The van der Waals surface area contributed by atoms with Gasteiger partial charge in [0.05, 0.1) is 10.9 Å². The van der Waals surface area contributed by atoms with Gasteiger partial charge in [0.2, 0.25) is 10.0 Å². The van der Waals surface area contributed by atoms with E-state index in [1.165, 1.54) is 0 Å². The third-order valence-corrected chi connectivity index (χ3v) is 7.78. The fourth-order valence-corrected chi connectivity index (χ4v) is 5.37. The summed E-state index contributed by atoms with van der Waals surface area (Å²) in [6, 6.07) is 7.71. The van der Waals surface area contributed by atoms with E-state index in [2.05, 4.69) is 16.9 Å². The molecule has 0 radical (unpaired) electrons. The largest absolute Gasteiger partial charge is 0.299 e. The van der Waals surface area contributed by atoms with Crippen LogP contribution in [-0.2, 0) is 27.7 Å². The van der Waals surface area contributed by atoms with Crippen molar-refractivity contribution in [2.45, 2.75) is 50.7 Å². The summed E-state index contributed by atoms with van der Waals surface area (Å²) >= 11 is 0. The standard InChI is InChI=1S/C23H24N2O3S/c1-14-11-16(25-29(27,28)18-8-9-18)7-10-19(14)21-12-17(13-23(26)15-5-6-15)24-22-4-2-3-20(21)22/h2-3,7,10-12,15,18,25H,4-6,8-9,13H2,1H3. The van der Waals surface area contributed by atoms with E-state index < -0.39 is 10.0 Å². The predicted octanol–water partition coefficient (Wildman–Crippen LogP) is 4.05. The summed E-state index contributed by atoms with van der Waals surface area (Å²) in [7, 11) is -3.28. The van der Waals surface area contributed by atoms with E-state index >= 15 is 0 Å². The highest BCUT2D eigenvalue weighted by molar-refractivity contribution is 7.93. The number of nitrogens with zero attached hydrogens (tertiary/aromatic N) is 1. The molecule has 0 unspecified atom stereocenters. The van der Waals surface area contributed by atoms with Gasteiger partial charge in [0, 0.05) is 35.7 Å².